The van der Waals surface area contributed by atoms with Gasteiger partial charge in [0.2, 0.25) is 0 Å². The van der Waals surface area contributed by atoms with Gasteiger partial charge in [0.15, 0.2) is 0 Å². The number of methoxy groups -OCH3 is 1. The minimum atomic E-state index is 0.0172. The Labute approximate surface area is 117 Å². The molecule has 4 heteroatoms. The van der Waals surface area contributed by atoms with Gasteiger partial charge in [-0.25, -0.2) is 0 Å². The van der Waals surface area contributed by atoms with Gasteiger partial charge in [0.1, 0.15) is 5.75 Å². The largest absolute Gasteiger partial charge is 0.497 e. The monoisotopic (exact) mass is 275 g/mol. The average molecular weight is 275 g/mol. The van der Waals surface area contributed by atoms with E-state index in [-0.39, 0.29) is 11.9 Å². The molecule has 3 nitrogen and oxygen atoms in total. The summed E-state index contributed by atoms with van der Waals surface area (Å²) >= 11 is 1.66. The van der Waals surface area contributed by atoms with Crippen LogP contribution in [-0.2, 0) is 0 Å². The quantitative estimate of drug-likeness (QED) is 0.853. The van der Waals surface area contributed by atoms with Crippen molar-refractivity contribution in [1.82, 2.24) is 4.90 Å². The van der Waals surface area contributed by atoms with Crippen molar-refractivity contribution >= 4 is 17.2 Å². The molecule has 100 valence electrons. The Bertz CT molecular complexity index is 534. The Morgan fingerprint density at radius 1 is 1.26 bits per heavy atom. The summed E-state index contributed by atoms with van der Waals surface area (Å²) in [6.45, 7) is 2.03. The summed E-state index contributed by atoms with van der Waals surface area (Å²) in [6.07, 6.45) is 0. The summed E-state index contributed by atoms with van der Waals surface area (Å²) in [4.78, 5) is 15.3. The number of hydrogen-bond donors (Lipinski definition) is 0. The molecule has 2 aromatic rings. The third-order valence-electron chi connectivity index (χ3n) is 3.19. The van der Waals surface area contributed by atoms with E-state index in [4.69, 9.17) is 4.74 Å². The summed E-state index contributed by atoms with van der Waals surface area (Å²) in [7, 11) is 3.44. The zero-order valence-corrected chi connectivity index (χ0v) is 12.1. The third kappa shape index (κ3) is 2.96. The van der Waals surface area contributed by atoms with Crippen molar-refractivity contribution in [2.75, 3.05) is 14.2 Å². The molecule has 0 bridgehead atoms. The first-order valence-electron chi connectivity index (χ1n) is 6.08. The highest BCUT2D eigenvalue weighted by molar-refractivity contribution is 7.10. The lowest BCUT2D eigenvalue weighted by Crippen LogP contribution is -2.29. The molecule has 0 aliphatic carbocycles. The summed E-state index contributed by atoms with van der Waals surface area (Å²) in [5.74, 6) is 0.772. The summed E-state index contributed by atoms with van der Waals surface area (Å²) < 4.78 is 5.09. The van der Waals surface area contributed by atoms with Gasteiger partial charge in [0, 0.05) is 17.5 Å². The second kappa shape index (κ2) is 5.89. The van der Waals surface area contributed by atoms with Crippen LogP contribution in [0, 0.1) is 0 Å². The van der Waals surface area contributed by atoms with Gasteiger partial charge < -0.3 is 9.64 Å². The molecular weight excluding hydrogens is 258 g/mol. The van der Waals surface area contributed by atoms with Crippen LogP contribution in [0.1, 0.15) is 28.2 Å². The Kier molecular flexibility index (Phi) is 4.22. The lowest BCUT2D eigenvalue weighted by molar-refractivity contribution is 0.0745. The maximum Gasteiger partial charge on any atom is 0.254 e. The molecule has 0 fully saturated rings. The van der Waals surface area contributed by atoms with Crippen molar-refractivity contribution in [3.63, 3.8) is 0 Å². The molecule has 1 aromatic carbocycles. The maximum atomic E-state index is 12.4. The van der Waals surface area contributed by atoms with Gasteiger partial charge in [-0.05, 0) is 42.6 Å². The highest BCUT2D eigenvalue weighted by Crippen LogP contribution is 2.25. The van der Waals surface area contributed by atoms with Crippen LogP contribution in [0.4, 0.5) is 0 Å². The molecule has 0 radical (unpaired) electrons. The Morgan fingerprint density at radius 2 is 1.95 bits per heavy atom. The molecule has 0 saturated carbocycles. The minimum Gasteiger partial charge on any atom is -0.497 e. The lowest BCUT2D eigenvalue weighted by Gasteiger charge is -2.24. The van der Waals surface area contributed by atoms with E-state index in [0.29, 0.717) is 5.56 Å². The number of rotatable bonds is 4. The molecule has 1 atom stereocenters. The van der Waals surface area contributed by atoms with Crippen molar-refractivity contribution in [2.45, 2.75) is 13.0 Å². The Hall–Kier alpha value is -1.81. The predicted molar refractivity (Wildman–Crippen MR) is 77.8 cm³/mol. The van der Waals surface area contributed by atoms with Gasteiger partial charge in [0.25, 0.3) is 5.91 Å². The van der Waals surface area contributed by atoms with E-state index >= 15 is 0 Å². The number of benzene rings is 1. The van der Waals surface area contributed by atoms with Gasteiger partial charge >= 0.3 is 0 Å². The van der Waals surface area contributed by atoms with Gasteiger partial charge in [-0.3, -0.25) is 4.79 Å². The van der Waals surface area contributed by atoms with Gasteiger partial charge in [-0.2, -0.15) is 0 Å². The number of ether oxygens (including phenoxy) is 1. The molecule has 1 aromatic heterocycles. The van der Waals surface area contributed by atoms with Crippen LogP contribution >= 0.6 is 11.3 Å². The van der Waals surface area contributed by atoms with E-state index in [1.807, 2.05) is 31.5 Å². The normalized spacial score (nSPS) is 11.9. The van der Waals surface area contributed by atoms with Crippen LogP contribution in [0.15, 0.2) is 41.8 Å². The first-order valence-corrected chi connectivity index (χ1v) is 6.96. The molecular formula is C15H17NO2S. The van der Waals surface area contributed by atoms with Crippen molar-refractivity contribution < 1.29 is 9.53 Å². The smallest absolute Gasteiger partial charge is 0.254 e. The number of carbonyl (C=O) groups excluding carboxylic acids is 1. The highest BCUT2D eigenvalue weighted by atomic mass is 32.1. The minimum absolute atomic E-state index is 0.0172. The number of carbonyl (C=O) groups is 1. The Balaban J connectivity index is 2.14. The van der Waals surface area contributed by atoms with Crippen LogP contribution < -0.4 is 4.74 Å². The topological polar surface area (TPSA) is 29.5 Å². The van der Waals surface area contributed by atoms with Crippen LogP contribution in [0.2, 0.25) is 0 Å². The van der Waals surface area contributed by atoms with Gasteiger partial charge in [-0.1, -0.05) is 6.07 Å². The zero-order valence-electron chi connectivity index (χ0n) is 11.3. The van der Waals surface area contributed by atoms with Crippen molar-refractivity contribution in [3.8, 4) is 5.75 Å². The van der Waals surface area contributed by atoms with E-state index in [2.05, 4.69) is 0 Å². The van der Waals surface area contributed by atoms with E-state index in [1.165, 1.54) is 4.88 Å². The van der Waals surface area contributed by atoms with Gasteiger partial charge in [0.05, 0.1) is 13.2 Å². The molecule has 19 heavy (non-hydrogen) atoms. The second-order valence-corrected chi connectivity index (χ2v) is 5.32. The number of amides is 1. The summed E-state index contributed by atoms with van der Waals surface area (Å²) in [5, 5.41) is 2.03. The summed E-state index contributed by atoms with van der Waals surface area (Å²) in [6, 6.07) is 11.3. The molecule has 2 rings (SSSR count). The fraction of sp³-hybridized carbons (Fsp3) is 0.267. The maximum absolute atomic E-state index is 12.4. The predicted octanol–water partition coefficient (Wildman–Crippen LogP) is 3.59. The van der Waals surface area contributed by atoms with Crippen molar-refractivity contribution in [1.29, 1.82) is 0 Å². The molecule has 0 aliphatic rings. The molecule has 0 N–H and O–H groups in total. The number of nitrogens with zero attached hydrogens (tertiary/aromatic N) is 1. The van der Waals surface area contributed by atoms with Crippen LogP contribution in [0.25, 0.3) is 0 Å². The van der Waals surface area contributed by atoms with E-state index < -0.39 is 0 Å². The third-order valence-corrected chi connectivity index (χ3v) is 4.24. The van der Waals surface area contributed by atoms with E-state index in [0.717, 1.165) is 5.75 Å². The second-order valence-electron chi connectivity index (χ2n) is 4.34. The molecule has 1 amide bonds. The van der Waals surface area contributed by atoms with Crippen LogP contribution in [-0.4, -0.2) is 25.0 Å². The summed E-state index contributed by atoms with van der Waals surface area (Å²) in [5.41, 5.74) is 0.673. The van der Waals surface area contributed by atoms with E-state index in [1.54, 1.807) is 47.6 Å². The highest BCUT2D eigenvalue weighted by Gasteiger charge is 2.19. The van der Waals surface area contributed by atoms with Gasteiger partial charge in [-0.15, -0.1) is 11.3 Å². The first kappa shape index (κ1) is 13.6. The number of thiophene rings is 1. The van der Waals surface area contributed by atoms with Crippen LogP contribution in [0.3, 0.4) is 0 Å². The molecule has 0 saturated heterocycles. The molecule has 0 spiro atoms. The molecule has 1 unspecified atom stereocenters. The fourth-order valence-electron chi connectivity index (χ4n) is 1.83. The average Bonchev–Trinajstić information content (AvgIpc) is 2.99. The fourth-order valence-corrected chi connectivity index (χ4v) is 2.66. The van der Waals surface area contributed by atoms with E-state index in [9.17, 15) is 4.79 Å². The standard InChI is InChI=1S/C15H17NO2S/c1-11(14-5-4-10-19-14)16(2)15(17)12-6-8-13(18-3)9-7-12/h4-11H,1-3H3. The Morgan fingerprint density at radius 3 is 2.47 bits per heavy atom. The zero-order chi connectivity index (χ0) is 13.8. The van der Waals surface area contributed by atoms with Crippen molar-refractivity contribution in [2.24, 2.45) is 0 Å². The number of hydrogen-bond acceptors (Lipinski definition) is 3. The lowest BCUT2D eigenvalue weighted by atomic mass is 10.1. The SMILES string of the molecule is COc1ccc(C(=O)N(C)C(C)c2cccs2)cc1. The molecule has 1 heterocycles. The van der Waals surface area contributed by atoms with Crippen LogP contribution in [0.5, 0.6) is 5.75 Å². The van der Waals surface area contributed by atoms with Crippen molar-refractivity contribution in [3.05, 3.63) is 52.2 Å². The molecule has 0 aliphatic heterocycles. The first-order chi connectivity index (χ1) is 9.13.